The number of anilines is 2. The minimum absolute atomic E-state index is 0.0786. The Morgan fingerprint density at radius 2 is 1.78 bits per heavy atom. The van der Waals surface area contributed by atoms with Gasteiger partial charge in [-0.25, -0.2) is 0 Å². The maximum Gasteiger partial charge on any atom is 0.330 e. The van der Waals surface area contributed by atoms with Crippen LogP contribution < -0.4 is 20.9 Å². The molecule has 27 heavy (non-hydrogen) atoms. The van der Waals surface area contributed by atoms with E-state index in [1.54, 1.807) is 12.1 Å². The summed E-state index contributed by atoms with van der Waals surface area (Å²) in [5, 5.41) is 10.4. The molecule has 0 bridgehead atoms. The minimum atomic E-state index is -0.264. The Balaban J connectivity index is 1.92. The van der Waals surface area contributed by atoms with Crippen LogP contribution in [0.5, 0.6) is 11.9 Å². The third-order valence-electron chi connectivity index (χ3n) is 3.34. The monoisotopic (exact) mass is 367 g/mol. The molecule has 2 heterocycles. The van der Waals surface area contributed by atoms with Crippen LogP contribution >= 0.6 is 0 Å². The molecular weight excluding hydrogens is 346 g/mol. The predicted octanol–water partition coefficient (Wildman–Crippen LogP) is 2.46. The molecule has 1 aromatic carbocycles. The van der Waals surface area contributed by atoms with Crippen molar-refractivity contribution in [3.63, 3.8) is 0 Å². The Morgan fingerprint density at radius 1 is 1.04 bits per heavy atom. The molecule has 0 aliphatic rings. The van der Waals surface area contributed by atoms with Crippen molar-refractivity contribution >= 4 is 11.9 Å². The molecule has 0 atom stereocenters. The van der Waals surface area contributed by atoms with Gasteiger partial charge >= 0.3 is 6.01 Å². The molecule has 0 saturated carbocycles. The normalized spacial score (nSPS) is 10.7. The van der Waals surface area contributed by atoms with E-state index in [4.69, 9.17) is 4.74 Å². The van der Waals surface area contributed by atoms with E-state index in [9.17, 15) is 4.79 Å². The minimum Gasteiger partial charge on any atom is -0.403 e. The maximum atomic E-state index is 12.1. The van der Waals surface area contributed by atoms with Gasteiger partial charge in [-0.1, -0.05) is 18.2 Å². The summed E-state index contributed by atoms with van der Waals surface area (Å²) in [6, 6.07) is 12.2. The molecule has 0 aliphatic heterocycles. The highest BCUT2D eigenvalue weighted by Gasteiger charge is 2.11. The SMILES string of the molecule is CCNc1nc(NC(C)C)nc(Oc2ccc(=O)n(-c3ccccc3)n2)n1. The number of nitrogens with one attached hydrogen (secondary N) is 2. The first-order valence-electron chi connectivity index (χ1n) is 8.65. The van der Waals surface area contributed by atoms with Crippen LogP contribution in [0.2, 0.25) is 0 Å². The maximum absolute atomic E-state index is 12.1. The highest BCUT2D eigenvalue weighted by molar-refractivity contribution is 5.37. The molecule has 0 fully saturated rings. The summed E-state index contributed by atoms with van der Waals surface area (Å²) in [4.78, 5) is 24.9. The van der Waals surface area contributed by atoms with E-state index in [2.05, 4.69) is 30.7 Å². The largest absolute Gasteiger partial charge is 0.403 e. The fraction of sp³-hybridized carbons (Fsp3) is 0.278. The van der Waals surface area contributed by atoms with Crippen LogP contribution in [0.15, 0.2) is 47.3 Å². The van der Waals surface area contributed by atoms with E-state index in [0.29, 0.717) is 24.1 Å². The molecule has 9 nitrogen and oxygen atoms in total. The molecule has 0 radical (unpaired) electrons. The molecule has 0 saturated heterocycles. The van der Waals surface area contributed by atoms with Crippen molar-refractivity contribution in [3.8, 4) is 17.6 Å². The summed E-state index contributed by atoms with van der Waals surface area (Å²) in [6.07, 6.45) is 0. The Hall–Kier alpha value is -3.49. The first-order chi connectivity index (χ1) is 13.0. The third kappa shape index (κ3) is 4.78. The molecule has 9 heteroatoms. The average molecular weight is 367 g/mol. The molecule has 0 amide bonds. The molecule has 0 spiro atoms. The van der Waals surface area contributed by atoms with Crippen LogP contribution in [0.25, 0.3) is 5.69 Å². The lowest BCUT2D eigenvalue weighted by Crippen LogP contribution is -2.20. The molecule has 0 unspecified atom stereocenters. The quantitative estimate of drug-likeness (QED) is 0.656. The van der Waals surface area contributed by atoms with Crippen molar-refractivity contribution in [1.29, 1.82) is 0 Å². The number of para-hydroxylation sites is 1. The van der Waals surface area contributed by atoms with Gasteiger partial charge in [-0.15, -0.1) is 5.10 Å². The van der Waals surface area contributed by atoms with E-state index in [1.165, 1.54) is 16.8 Å². The van der Waals surface area contributed by atoms with Crippen LogP contribution in [-0.2, 0) is 0 Å². The zero-order chi connectivity index (χ0) is 19.2. The van der Waals surface area contributed by atoms with E-state index < -0.39 is 0 Å². The fourth-order valence-electron chi connectivity index (χ4n) is 2.26. The van der Waals surface area contributed by atoms with Crippen LogP contribution in [0.1, 0.15) is 20.8 Å². The van der Waals surface area contributed by atoms with Gasteiger partial charge in [0.1, 0.15) is 0 Å². The number of aromatic nitrogens is 5. The lowest BCUT2D eigenvalue weighted by Gasteiger charge is -2.12. The second kappa shape index (κ2) is 8.26. The number of hydrogen-bond donors (Lipinski definition) is 2. The van der Waals surface area contributed by atoms with E-state index >= 15 is 0 Å². The Morgan fingerprint density at radius 3 is 2.48 bits per heavy atom. The zero-order valence-electron chi connectivity index (χ0n) is 15.4. The van der Waals surface area contributed by atoms with Gasteiger partial charge in [0.2, 0.25) is 17.8 Å². The van der Waals surface area contributed by atoms with E-state index in [-0.39, 0.29) is 23.5 Å². The first-order valence-corrected chi connectivity index (χ1v) is 8.65. The van der Waals surface area contributed by atoms with Crippen molar-refractivity contribution in [3.05, 3.63) is 52.8 Å². The lowest BCUT2D eigenvalue weighted by molar-refractivity contribution is 0.412. The van der Waals surface area contributed by atoms with Gasteiger partial charge in [-0.3, -0.25) is 4.79 Å². The molecular formula is C18H21N7O2. The molecule has 0 aliphatic carbocycles. The predicted molar refractivity (Wildman–Crippen MR) is 103 cm³/mol. The average Bonchev–Trinajstić information content (AvgIpc) is 2.63. The zero-order valence-corrected chi connectivity index (χ0v) is 15.4. The molecule has 3 aromatic rings. The summed E-state index contributed by atoms with van der Waals surface area (Å²) < 4.78 is 6.95. The standard InChI is InChI=1S/C18H21N7O2/c1-4-19-16-21-17(20-12(2)3)23-18(22-16)27-14-10-11-15(26)25(24-14)13-8-6-5-7-9-13/h5-12H,4H2,1-3H3,(H2,19,20,21,22,23). The summed E-state index contributed by atoms with van der Waals surface area (Å²) >= 11 is 0. The van der Waals surface area contributed by atoms with Gasteiger partial charge < -0.3 is 15.4 Å². The summed E-state index contributed by atoms with van der Waals surface area (Å²) in [5.41, 5.74) is 0.374. The summed E-state index contributed by atoms with van der Waals surface area (Å²) in [6.45, 7) is 6.56. The first kappa shape index (κ1) is 18.3. The van der Waals surface area contributed by atoms with Crippen molar-refractivity contribution < 1.29 is 4.74 Å². The highest BCUT2D eigenvalue weighted by atomic mass is 16.5. The van der Waals surface area contributed by atoms with E-state index in [0.717, 1.165) is 0 Å². The van der Waals surface area contributed by atoms with Gasteiger partial charge in [-0.05, 0) is 32.9 Å². The van der Waals surface area contributed by atoms with Crippen LogP contribution in [0.3, 0.4) is 0 Å². The van der Waals surface area contributed by atoms with Crippen molar-refractivity contribution in [2.24, 2.45) is 0 Å². The van der Waals surface area contributed by atoms with Crippen molar-refractivity contribution in [1.82, 2.24) is 24.7 Å². The van der Waals surface area contributed by atoms with Gasteiger partial charge in [0, 0.05) is 24.7 Å². The molecule has 2 aromatic heterocycles. The lowest BCUT2D eigenvalue weighted by atomic mass is 10.3. The van der Waals surface area contributed by atoms with Crippen LogP contribution in [-0.4, -0.2) is 37.3 Å². The molecule has 140 valence electrons. The van der Waals surface area contributed by atoms with Gasteiger partial charge in [0.05, 0.1) is 5.69 Å². The second-order valence-corrected chi connectivity index (χ2v) is 5.95. The number of hydrogen-bond acceptors (Lipinski definition) is 8. The Kier molecular flexibility index (Phi) is 5.60. The van der Waals surface area contributed by atoms with E-state index in [1.807, 2.05) is 39.0 Å². The van der Waals surface area contributed by atoms with Gasteiger partial charge in [0.25, 0.3) is 5.56 Å². The topological polar surface area (TPSA) is 107 Å². The number of nitrogens with zero attached hydrogens (tertiary/aromatic N) is 5. The van der Waals surface area contributed by atoms with Gasteiger partial charge in [-0.2, -0.15) is 19.6 Å². The highest BCUT2D eigenvalue weighted by Crippen LogP contribution is 2.18. The Labute approximate surface area is 156 Å². The van der Waals surface area contributed by atoms with Crippen molar-refractivity contribution in [2.45, 2.75) is 26.8 Å². The van der Waals surface area contributed by atoms with Crippen LogP contribution in [0.4, 0.5) is 11.9 Å². The summed E-state index contributed by atoms with van der Waals surface area (Å²) in [7, 11) is 0. The molecule has 3 rings (SSSR count). The second-order valence-electron chi connectivity index (χ2n) is 5.95. The number of benzene rings is 1. The number of rotatable bonds is 7. The van der Waals surface area contributed by atoms with Crippen molar-refractivity contribution in [2.75, 3.05) is 17.2 Å². The Bertz CT molecular complexity index is 957. The molecule has 2 N–H and O–H groups in total. The van der Waals surface area contributed by atoms with Crippen LogP contribution in [0, 0.1) is 0 Å². The smallest absolute Gasteiger partial charge is 0.330 e. The number of ether oxygens (including phenoxy) is 1. The van der Waals surface area contributed by atoms with Gasteiger partial charge in [0.15, 0.2) is 0 Å². The third-order valence-corrected chi connectivity index (χ3v) is 3.34. The fourth-order valence-corrected chi connectivity index (χ4v) is 2.26. The summed E-state index contributed by atoms with van der Waals surface area (Å²) in [5.74, 6) is 0.979.